The molecule has 19 heavy (non-hydrogen) atoms. The Balaban J connectivity index is 2.73. The van der Waals surface area contributed by atoms with E-state index in [4.69, 9.17) is 16.3 Å². The molecule has 0 saturated heterocycles. The first-order valence-electron chi connectivity index (χ1n) is 6.39. The van der Waals surface area contributed by atoms with Gasteiger partial charge >= 0.3 is 0 Å². The van der Waals surface area contributed by atoms with Gasteiger partial charge in [-0.3, -0.25) is 0 Å². The van der Waals surface area contributed by atoms with Gasteiger partial charge in [0, 0.05) is 20.2 Å². The van der Waals surface area contributed by atoms with E-state index in [0.29, 0.717) is 12.5 Å². The number of ether oxygens (including phenoxy) is 1. The molecule has 0 unspecified atom stereocenters. The normalized spacial score (nSPS) is 12.2. The van der Waals surface area contributed by atoms with Crippen LogP contribution in [0.4, 0.5) is 4.39 Å². The molecule has 0 aliphatic rings. The molecule has 0 fully saturated rings. The molecule has 0 aliphatic carbocycles. The highest BCUT2D eigenvalue weighted by Crippen LogP contribution is 2.19. The third-order valence-electron chi connectivity index (χ3n) is 2.85. The first-order chi connectivity index (χ1) is 9.04. The minimum atomic E-state index is -0.383. The molecule has 1 aromatic carbocycles. The highest BCUT2D eigenvalue weighted by molar-refractivity contribution is 6.30. The van der Waals surface area contributed by atoms with Gasteiger partial charge in [-0.05, 0) is 23.6 Å². The van der Waals surface area contributed by atoms with E-state index in [-0.39, 0.29) is 10.8 Å². The van der Waals surface area contributed by atoms with Crippen molar-refractivity contribution in [1.82, 2.24) is 5.32 Å². The van der Waals surface area contributed by atoms with Gasteiger partial charge in [-0.25, -0.2) is 4.39 Å². The predicted octanol–water partition coefficient (Wildman–Crippen LogP) is 3.75. The second-order valence-electron chi connectivity index (χ2n) is 4.72. The zero-order valence-corrected chi connectivity index (χ0v) is 12.4. The Morgan fingerprint density at radius 3 is 2.79 bits per heavy atom. The van der Waals surface area contributed by atoms with Gasteiger partial charge in [0.1, 0.15) is 5.82 Å². The fourth-order valence-electron chi connectivity index (χ4n) is 1.65. The Bertz CT molecular complexity index is 432. The molecular weight excluding hydrogens is 265 g/mol. The van der Waals surface area contributed by atoms with Gasteiger partial charge in [0.05, 0.1) is 11.6 Å². The molecule has 1 rings (SSSR count). The van der Waals surface area contributed by atoms with Crippen LogP contribution in [-0.2, 0) is 4.74 Å². The van der Waals surface area contributed by atoms with Crippen molar-refractivity contribution in [3.05, 3.63) is 40.2 Å². The van der Waals surface area contributed by atoms with E-state index in [0.717, 1.165) is 18.7 Å². The Hall–Kier alpha value is -0.900. The molecule has 0 radical (unpaired) electrons. The lowest BCUT2D eigenvalue weighted by atomic mass is 10.00. The molecule has 1 N–H and O–H groups in total. The second-order valence-corrected chi connectivity index (χ2v) is 5.12. The SMILES string of the molecule is COCCNCC(=Cc1ccc(Cl)c(F)c1)C(C)C. The maximum Gasteiger partial charge on any atom is 0.142 e. The Kier molecular flexibility index (Phi) is 7.06. The minimum Gasteiger partial charge on any atom is -0.383 e. The molecule has 0 aliphatic heterocycles. The highest BCUT2D eigenvalue weighted by atomic mass is 35.5. The molecule has 0 atom stereocenters. The monoisotopic (exact) mass is 285 g/mol. The number of halogens is 2. The minimum absolute atomic E-state index is 0.154. The van der Waals surface area contributed by atoms with Crippen LogP contribution in [0.5, 0.6) is 0 Å². The molecule has 0 heterocycles. The van der Waals surface area contributed by atoms with Gasteiger partial charge in [0.2, 0.25) is 0 Å². The molecule has 0 spiro atoms. The van der Waals surface area contributed by atoms with Crippen molar-refractivity contribution < 1.29 is 9.13 Å². The number of benzene rings is 1. The summed E-state index contributed by atoms with van der Waals surface area (Å²) in [6, 6.07) is 4.86. The third-order valence-corrected chi connectivity index (χ3v) is 3.16. The van der Waals surface area contributed by atoms with Crippen LogP contribution in [0, 0.1) is 11.7 Å². The van der Waals surface area contributed by atoms with Crippen molar-refractivity contribution in [2.75, 3.05) is 26.8 Å². The topological polar surface area (TPSA) is 21.3 Å². The zero-order valence-electron chi connectivity index (χ0n) is 11.7. The summed E-state index contributed by atoms with van der Waals surface area (Å²) in [5, 5.41) is 3.46. The van der Waals surface area contributed by atoms with Crippen LogP contribution in [0.3, 0.4) is 0 Å². The molecule has 1 aromatic rings. The lowest BCUT2D eigenvalue weighted by Crippen LogP contribution is -2.23. The van der Waals surface area contributed by atoms with Gasteiger partial charge < -0.3 is 10.1 Å². The van der Waals surface area contributed by atoms with E-state index < -0.39 is 0 Å². The lowest BCUT2D eigenvalue weighted by molar-refractivity contribution is 0.200. The van der Waals surface area contributed by atoms with Crippen LogP contribution in [-0.4, -0.2) is 26.8 Å². The van der Waals surface area contributed by atoms with E-state index >= 15 is 0 Å². The second kappa shape index (κ2) is 8.31. The molecule has 0 bridgehead atoms. The van der Waals surface area contributed by atoms with Crippen LogP contribution < -0.4 is 5.32 Å². The van der Waals surface area contributed by atoms with Gasteiger partial charge in [0.25, 0.3) is 0 Å². The smallest absolute Gasteiger partial charge is 0.142 e. The number of hydrogen-bond acceptors (Lipinski definition) is 2. The standard InChI is InChI=1S/C15H21ClFNO/c1-11(2)13(10-18-6-7-19-3)8-12-4-5-14(16)15(17)9-12/h4-5,8-9,11,18H,6-7,10H2,1-3H3. The summed E-state index contributed by atoms with van der Waals surface area (Å²) in [7, 11) is 1.68. The van der Waals surface area contributed by atoms with Crippen molar-refractivity contribution >= 4 is 17.7 Å². The lowest BCUT2D eigenvalue weighted by Gasteiger charge is -2.13. The molecular formula is C15H21ClFNO. The zero-order chi connectivity index (χ0) is 14.3. The summed E-state index contributed by atoms with van der Waals surface area (Å²) in [5.41, 5.74) is 2.05. The molecule has 4 heteroatoms. The fourth-order valence-corrected chi connectivity index (χ4v) is 1.76. The number of nitrogens with one attached hydrogen (secondary N) is 1. The van der Waals surface area contributed by atoms with Crippen LogP contribution in [0.15, 0.2) is 23.8 Å². The van der Waals surface area contributed by atoms with Gasteiger partial charge in [0.15, 0.2) is 0 Å². The van der Waals surface area contributed by atoms with Gasteiger partial charge in [-0.15, -0.1) is 0 Å². The summed E-state index contributed by atoms with van der Waals surface area (Å²) >= 11 is 5.68. The van der Waals surface area contributed by atoms with E-state index in [2.05, 4.69) is 19.2 Å². The number of methoxy groups -OCH3 is 1. The average molecular weight is 286 g/mol. The maximum absolute atomic E-state index is 13.4. The Morgan fingerprint density at radius 1 is 1.47 bits per heavy atom. The van der Waals surface area contributed by atoms with Crippen molar-refractivity contribution in [1.29, 1.82) is 0 Å². The molecule has 0 saturated carbocycles. The van der Waals surface area contributed by atoms with E-state index in [1.165, 1.54) is 11.6 Å². The summed E-state index contributed by atoms with van der Waals surface area (Å²) in [5.74, 6) is 0.0136. The fraction of sp³-hybridized carbons (Fsp3) is 0.467. The molecule has 2 nitrogen and oxygen atoms in total. The van der Waals surface area contributed by atoms with Crippen LogP contribution >= 0.6 is 11.6 Å². The van der Waals surface area contributed by atoms with Gasteiger partial charge in [-0.2, -0.15) is 0 Å². The summed E-state index contributed by atoms with van der Waals surface area (Å²) in [6.45, 7) is 6.49. The van der Waals surface area contributed by atoms with Crippen LogP contribution in [0.25, 0.3) is 6.08 Å². The third kappa shape index (κ3) is 5.72. The van der Waals surface area contributed by atoms with Crippen molar-refractivity contribution in [2.45, 2.75) is 13.8 Å². The molecule has 0 aromatic heterocycles. The summed E-state index contributed by atoms with van der Waals surface area (Å²) < 4.78 is 18.4. The largest absolute Gasteiger partial charge is 0.383 e. The first-order valence-corrected chi connectivity index (χ1v) is 6.77. The van der Waals surface area contributed by atoms with Crippen LogP contribution in [0.2, 0.25) is 5.02 Å². The number of hydrogen-bond donors (Lipinski definition) is 1. The maximum atomic E-state index is 13.4. The number of rotatable bonds is 7. The molecule has 106 valence electrons. The predicted molar refractivity (Wildman–Crippen MR) is 79.0 cm³/mol. The summed E-state index contributed by atoms with van der Waals surface area (Å²) in [4.78, 5) is 0. The molecule has 0 amide bonds. The van der Waals surface area contributed by atoms with E-state index in [9.17, 15) is 4.39 Å². The van der Waals surface area contributed by atoms with E-state index in [1.807, 2.05) is 12.1 Å². The van der Waals surface area contributed by atoms with Crippen LogP contribution in [0.1, 0.15) is 19.4 Å². The first kappa shape index (κ1) is 16.2. The van der Waals surface area contributed by atoms with Crippen molar-refractivity contribution in [3.8, 4) is 0 Å². The van der Waals surface area contributed by atoms with Gasteiger partial charge in [-0.1, -0.05) is 43.2 Å². The summed E-state index contributed by atoms with van der Waals surface area (Å²) in [6.07, 6.45) is 2.00. The van der Waals surface area contributed by atoms with E-state index in [1.54, 1.807) is 13.2 Å². The highest BCUT2D eigenvalue weighted by Gasteiger charge is 2.05. The Labute approximate surface area is 119 Å². The Morgan fingerprint density at radius 2 is 2.21 bits per heavy atom. The van der Waals surface area contributed by atoms with Crippen molar-refractivity contribution in [2.24, 2.45) is 5.92 Å². The van der Waals surface area contributed by atoms with Crippen molar-refractivity contribution in [3.63, 3.8) is 0 Å². The quantitative estimate of drug-likeness (QED) is 0.770. The average Bonchev–Trinajstić information content (AvgIpc) is 2.37.